The van der Waals surface area contributed by atoms with Gasteiger partial charge in [-0.25, -0.2) is 4.98 Å². The Hall–Kier alpha value is -1.73. The highest BCUT2D eigenvalue weighted by Gasteiger charge is 2.32. The number of halogens is 3. The third-order valence-corrected chi connectivity index (χ3v) is 5.24. The second-order valence-corrected chi connectivity index (χ2v) is 7.14. The molecule has 0 saturated carbocycles. The van der Waals surface area contributed by atoms with Gasteiger partial charge in [0.25, 0.3) is 0 Å². The summed E-state index contributed by atoms with van der Waals surface area (Å²) in [7, 11) is 0. The zero-order valence-corrected chi connectivity index (χ0v) is 15.3. The highest BCUT2D eigenvalue weighted by molar-refractivity contribution is 5.81. The van der Waals surface area contributed by atoms with Crippen molar-refractivity contribution in [1.82, 2.24) is 9.88 Å². The number of rotatable bonds is 6. The number of Topliss-reactive ketones (excluding diaryl/α,β-unsaturated/α-hetero) is 1. The van der Waals surface area contributed by atoms with Crippen molar-refractivity contribution in [1.29, 1.82) is 0 Å². The minimum absolute atomic E-state index is 0.151. The van der Waals surface area contributed by atoms with Gasteiger partial charge < -0.3 is 4.74 Å². The summed E-state index contributed by atoms with van der Waals surface area (Å²) in [6.45, 7) is 3.64. The maximum absolute atomic E-state index is 12.8. The van der Waals surface area contributed by atoms with Gasteiger partial charge in [-0.2, -0.15) is 13.2 Å². The summed E-state index contributed by atoms with van der Waals surface area (Å²) in [6, 6.07) is 4.03. The summed E-state index contributed by atoms with van der Waals surface area (Å²) in [4.78, 5) is 18.2. The summed E-state index contributed by atoms with van der Waals surface area (Å²) < 4.78 is 43.7. The number of nitrogens with zero attached hydrogens (tertiary/aromatic N) is 2. The molecule has 0 unspecified atom stereocenters. The highest BCUT2D eigenvalue weighted by Crippen LogP contribution is 2.29. The van der Waals surface area contributed by atoms with Crippen LogP contribution in [-0.2, 0) is 15.7 Å². The molecule has 7 heteroatoms. The van der Waals surface area contributed by atoms with Crippen LogP contribution in [0.4, 0.5) is 13.2 Å². The van der Waals surface area contributed by atoms with E-state index in [0.29, 0.717) is 44.1 Å². The molecule has 1 fully saturated rings. The molecule has 2 aliphatic rings. The first kappa shape index (κ1) is 20.0. The molecule has 0 aromatic carbocycles. The number of pyridine rings is 1. The minimum atomic E-state index is -4.42. The van der Waals surface area contributed by atoms with E-state index in [1.54, 1.807) is 6.07 Å². The number of aromatic nitrogens is 1. The van der Waals surface area contributed by atoms with Crippen molar-refractivity contribution in [3.8, 4) is 0 Å². The summed E-state index contributed by atoms with van der Waals surface area (Å²) in [6.07, 6.45) is 1.27. The summed E-state index contributed by atoms with van der Waals surface area (Å²) in [5.74, 6) is 0.485. The molecule has 0 amide bonds. The molecule has 3 heterocycles. The van der Waals surface area contributed by atoms with Crippen LogP contribution < -0.4 is 0 Å². The smallest absolute Gasteiger partial charge is 0.381 e. The second kappa shape index (κ2) is 8.97. The Labute approximate surface area is 157 Å². The molecule has 1 aromatic heterocycles. The quantitative estimate of drug-likeness (QED) is 0.747. The van der Waals surface area contributed by atoms with Crippen molar-refractivity contribution in [2.45, 2.75) is 38.3 Å². The Balaban J connectivity index is 1.46. The van der Waals surface area contributed by atoms with E-state index in [9.17, 15) is 18.0 Å². The first-order valence-electron chi connectivity index (χ1n) is 9.50. The van der Waals surface area contributed by atoms with Gasteiger partial charge >= 0.3 is 6.18 Å². The fraction of sp³-hybridized carbons (Fsp3) is 0.600. The fourth-order valence-corrected chi connectivity index (χ4v) is 3.62. The van der Waals surface area contributed by atoms with Crippen LogP contribution in [0.5, 0.6) is 0 Å². The number of hydrogen-bond acceptors (Lipinski definition) is 4. The third kappa shape index (κ3) is 5.62. The molecule has 0 spiro atoms. The fourth-order valence-electron chi connectivity index (χ4n) is 3.62. The maximum Gasteiger partial charge on any atom is 0.433 e. The molecule has 1 saturated heterocycles. The van der Waals surface area contributed by atoms with Crippen molar-refractivity contribution in [3.63, 3.8) is 0 Å². The van der Waals surface area contributed by atoms with Crippen LogP contribution in [0, 0.1) is 5.92 Å². The zero-order chi connectivity index (χ0) is 19.3. The zero-order valence-electron chi connectivity index (χ0n) is 15.3. The SMILES string of the molecule is O=C(CCCN1CC=C(c2cccc(C(F)(F)F)n2)CC1)C1CCOCC1. The molecule has 148 valence electrons. The van der Waals surface area contributed by atoms with E-state index in [4.69, 9.17) is 4.74 Å². The first-order valence-corrected chi connectivity index (χ1v) is 9.50. The number of ketones is 1. The normalized spacial score (nSPS) is 19.7. The van der Waals surface area contributed by atoms with Gasteiger partial charge in [-0.15, -0.1) is 0 Å². The van der Waals surface area contributed by atoms with Crippen molar-refractivity contribution in [2.24, 2.45) is 5.92 Å². The Morgan fingerprint density at radius 1 is 1.26 bits per heavy atom. The van der Waals surface area contributed by atoms with E-state index in [1.165, 1.54) is 6.07 Å². The molecule has 0 radical (unpaired) electrons. The van der Waals surface area contributed by atoms with Crippen LogP contribution in [0.1, 0.15) is 43.5 Å². The number of hydrogen-bond donors (Lipinski definition) is 0. The second-order valence-electron chi connectivity index (χ2n) is 7.14. The Morgan fingerprint density at radius 2 is 2.04 bits per heavy atom. The van der Waals surface area contributed by atoms with Crippen molar-refractivity contribution >= 4 is 11.4 Å². The third-order valence-electron chi connectivity index (χ3n) is 5.24. The first-order chi connectivity index (χ1) is 12.9. The summed E-state index contributed by atoms with van der Waals surface area (Å²) >= 11 is 0. The summed E-state index contributed by atoms with van der Waals surface area (Å²) in [5, 5.41) is 0. The maximum atomic E-state index is 12.8. The lowest BCUT2D eigenvalue weighted by atomic mass is 9.92. The molecule has 0 atom stereocenters. The van der Waals surface area contributed by atoms with Gasteiger partial charge in [0.15, 0.2) is 0 Å². The average Bonchev–Trinajstić information content (AvgIpc) is 2.68. The van der Waals surface area contributed by atoms with Gasteiger partial charge in [-0.3, -0.25) is 9.69 Å². The van der Waals surface area contributed by atoms with Crippen molar-refractivity contribution in [2.75, 3.05) is 32.8 Å². The van der Waals surface area contributed by atoms with Crippen molar-refractivity contribution in [3.05, 3.63) is 35.7 Å². The number of carbonyl (C=O) groups excluding carboxylic acids is 1. The predicted octanol–water partition coefficient (Wildman–Crippen LogP) is 3.97. The lowest BCUT2D eigenvalue weighted by Gasteiger charge is -2.26. The van der Waals surface area contributed by atoms with Crippen LogP contribution >= 0.6 is 0 Å². The minimum Gasteiger partial charge on any atom is -0.381 e. The van der Waals surface area contributed by atoms with Crippen LogP contribution in [0.15, 0.2) is 24.3 Å². The number of ether oxygens (including phenoxy) is 1. The molecule has 0 N–H and O–H groups in total. The Bertz CT molecular complexity index is 682. The molecule has 4 nitrogen and oxygen atoms in total. The molecule has 0 bridgehead atoms. The lowest BCUT2D eigenvalue weighted by Crippen LogP contribution is -2.30. The average molecular weight is 382 g/mol. The molecular weight excluding hydrogens is 357 g/mol. The molecule has 1 aromatic rings. The molecular formula is C20H25F3N2O2. The molecule has 0 aliphatic carbocycles. The van der Waals surface area contributed by atoms with E-state index in [-0.39, 0.29) is 5.92 Å². The van der Waals surface area contributed by atoms with E-state index >= 15 is 0 Å². The Kier molecular flexibility index (Phi) is 6.65. The van der Waals surface area contributed by atoms with Gasteiger partial charge in [-0.1, -0.05) is 12.1 Å². The van der Waals surface area contributed by atoms with Crippen LogP contribution in [0.3, 0.4) is 0 Å². The molecule has 2 aliphatic heterocycles. The van der Waals surface area contributed by atoms with Gasteiger partial charge in [0.1, 0.15) is 11.5 Å². The van der Waals surface area contributed by atoms with Crippen LogP contribution in [-0.4, -0.2) is 48.5 Å². The van der Waals surface area contributed by atoms with Gasteiger partial charge in [-0.05, 0) is 49.9 Å². The van der Waals surface area contributed by atoms with Gasteiger partial charge in [0.05, 0.1) is 5.69 Å². The van der Waals surface area contributed by atoms with E-state index in [2.05, 4.69) is 9.88 Å². The van der Waals surface area contributed by atoms with E-state index in [1.807, 2.05) is 6.08 Å². The predicted molar refractivity (Wildman–Crippen MR) is 96.1 cm³/mol. The standard InChI is InChI=1S/C20H25F3N2O2/c21-20(22,23)19-5-1-3-17(24-19)15-6-11-25(12-7-15)10-2-4-18(26)16-8-13-27-14-9-16/h1,3,5-6,16H,2,4,7-14H2. The molecule has 3 rings (SSSR count). The van der Waals surface area contributed by atoms with Crippen LogP contribution in [0.2, 0.25) is 0 Å². The lowest BCUT2D eigenvalue weighted by molar-refractivity contribution is -0.141. The van der Waals surface area contributed by atoms with E-state index in [0.717, 1.165) is 44.0 Å². The Morgan fingerprint density at radius 3 is 2.70 bits per heavy atom. The van der Waals surface area contributed by atoms with Gasteiger partial charge in [0, 0.05) is 38.6 Å². The monoisotopic (exact) mass is 382 g/mol. The largest absolute Gasteiger partial charge is 0.433 e. The van der Waals surface area contributed by atoms with Crippen molar-refractivity contribution < 1.29 is 22.7 Å². The number of alkyl halides is 3. The summed E-state index contributed by atoms with van der Waals surface area (Å²) in [5.41, 5.74) is 0.407. The topological polar surface area (TPSA) is 42.4 Å². The van der Waals surface area contributed by atoms with E-state index < -0.39 is 11.9 Å². The molecule has 27 heavy (non-hydrogen) atoms. The van der Waals surface area contributed by atoms with Crippen LogP contribution in [0.25, 0.3) is 5.57 Å². The van der Waals surface area contributed by atoms with Gasteiger partial charge in [0.2, 0.25) is 0 Å². The number of carbonyl (C=O) groups is 1. The highest BCUT2D eigenvalue weighted by atomic mass is 19.4.